The van der Waals surface area contributed by atoms with E-state index in [1.165, 1.54) is 5.39 Å². The van der Waals surface area contributed by atoms with Gasteiger partial charge in [-0.25, -0.2) is 4.98 Å². The molecule has 5 aromatic carbocycles. The number of nitrogens with zero attached hydrogens (tertiary/aromatic N) is 4. The minimum Gasteiger partial charge on any atom is -0.255 e. The lowest BCUT2D eigenvalue weighted by Gasteiger charge is -2.15. The maximum Gasteiger partial charge on any atom is 0.0991 e. The molecule has 3 aromatic heterocycles. The first-order chi connectivity index (χ1) is 22.7. The summed E-state index contributed by atoms with van der Waals surface area (Å²) in [5, 5.41) is 14.0. The molecular formula is C42H26N4. The first-order valence-corrected chi connectivity index (χ1v) is 15.2. The van der Waals surface area contributed by atoms with E-state index in [9.17, 15) is 5.26 Å². The summed E-state index contributed by atoms with van der Waals surface area (Å²) in [4.78, 5) is 14.3. The van der Waals surface area contributed by atoms with Gasteiger partial charge in [-0.05, 0) is 128 Å². The predicted octanol–water partition coefficient (Wildman–Crippen LogP) is 10.4. The molecule has 0 atom stereocenters. The molecule has 0 aliphatic rings. The van der Waals surface area contributed by atoms with Crippen LogP contribution < -0.4 is 0 Å². The molecule has 0 aliphatic carbocycles. The van der Waals surface area contributed by atoms with Crippen molar-refractivity contribution < 1.29 is 0 Å². The molecule has 0 spiro atoms. The van der Waals surface area contributed by atoms with E-state index in [1.807, 2.05) is 60.7 Å². The molecule has 0 saturated carbocycles. The van der Waals surface area contributed by atoms with E-state index in [2.05, 4.69) is 101 Å². The van der Waals surface area contributed by atoms with Gasteiger partial charge in [0.25, 0.3) is 0 Å². The van der Waals surface area contributed by atoms with Crippen molar-refractivity contribution in [2.24, 2.45) is 0 Å². The summed E-state index contributed by atoms with van der Waals surface area (Å²) < 4.78 is 0. The zero-order valence-corrected chi connectivity index (χ0v) is 24.8. The summed E-state index contributed by atoms with van der Waals surface area (Å²) in [5.41, 5.74) is 10.4. The molecule has 0 unspecified atom stereocenters. The Balaban J connectivity index is 1.37. The molecule has 46 heavy (non-hydrogen) atoms. The number of fused-ring (bicyclic) bond motifs is 2. The van der Waals surface area contributed by atoms with Crippen molar-refractivity contribution in [3.8, 4) is 62.2 Å². The van der Waals surface area contributed by atoms with Gasteiger partial charge in [-0.1, -0.05) is 72.8 Å². The van der Waals surface area contributed by atoms with Crippen LogP contribution in [0.3, 0.4) is 0 Å². The highest BCUT2D eigenvalue weighted by Gasteiger charge is 2.15. The Labute approximate surface area is 266 Å². The Morgan fingerprint density at radius 2 is 0.913 bits per heavy atom. The minimum atomic E-state index is 0.649. The van der Waals surface area contributed by atoms with Crippen LogP contribution in [0.4, 0.5) is 0 Å². The standard InChI is InChI=1S/C42H26N4/c43-27-28-15-17-29(18-16-28)37-23-32(21-30-9-1-3-11-35(30)37)33-22-31-10-2-4-12-36(31)38(24-33)34-25-41(39-13-5-7-19-44-39)46-42(26-34)40-14-6-8-20-45-40/h1-26H. The lowest BCUT2D eigenvalue weighted by molar-refractivity contribution is 1.22. The molecule has 4 nitrogen and oxygen atoms in total. The number of pyridine rings is 3. The number of rotatable bonds is 5. The van der Waals surface area contributed by atoms with E-state index in [0.717, 1.165) is 72.3 Å². The third-order valence-corrected chi connectivity index (χ3v) is 8.37. The zero-order chi connectivity index (χ0) is 30.9. The lowest BCUT2D eigenvalue weighted by atomic mass is 9.89. The van der Waals surface area contributed by atoms with Crippen LogP contribution in [-0.4, -0.2) is 15.0 Å². The highest BCUT2D eigenvalue weighted by molar-refractivity contribution is 6.04. The van der Waals surface area contributed by atoms with E-state index < -0.39 is 0 Å². The first-order valence-electron chi connectivity index (χ1n) is 15.2. The third kappa shape index (κ3) is 5.06. The highest BCUT2D eigenvalue weighted by atomic mass is 14.8. The van der Waals surface area contributed by atoms with Crippen LogP contribution in [0.15, 0.2) is 158 Å². The summed E-state index contributed by atoms with van der Waals surface area (Å²) in [6.45, 7) is 0. The van der Waals surface area contributed by atoms with Gasteiger partial charge < -0.3 is 0 Å². The average Bonchev–Trinajstić information content (AvgIpc) is 3.14. The van der Waals surface area contributed by atoms with Crippen LogP contribution in [0.25, 0.3) is 77.7 Å². The van der Waals surface area contributed by atoms with Gasteiger partial charge in [0.05, 0.1) is 34.4 Å². The quantitative estimate of drug-likeness (QED) is 0.201. The fourth-order valence-electron chi connectivity index (χ4n) is 6.13. The molecular weight excluding hydrogens is 560 g/mol. The Bertz CT molecular complexity index is 2350. The largest absolute Gasteiger partial charge is 0.255 e. The van der Waals surface area contributed by atoms with Crippen molar-refractivity contribution in [2.45, 2.75) is 0 Å². The molecule has 0 fully saturated rings. The van der Waals surface area contributed by atoms with E-state index in [-0.39, 0.29) is 0 Å². The molecule has 8 aromatic rings. The fourth-order valence-corrected chi connectivity index (χ4v) is 6.13. The molecule has 0 bridgehead atoms. The van der Waals surface area contributed by atoms with E-state index in [1.54, 1.807) is 12.4 Å². The fraction of sp³-hybridized carbons (Fsp3) is 0. The summed E-state index contributed by atoms with van der Waals surface area (Å²) in [5.74, 6) is 0. The molecule has 8 rings (SSSR count). The maximum absolute atomic E-state index is 9.37. The van der Waals surface area contributed by atoms with Crippen molar-refractivity contribution in [2.75, 3.05) is 0 Å². The monoisotopic (exact) mass is 586 g/mol. The smallest absolute Gasteiger partial charge is 0.0991 e. The Hall–Kier alpha value is -6.44. The van der Waals surface area contributed by atoms with Crippen LogP contribution in [0.1, 0.15) is 5.56 Å². The Morgan fingerprint density at radius 1 is 0.413 bits per heavy atom. The topological polar surface area (TPSA) is 62.5 Å². The van der Waals surface area contributed by atoms with Gasteiger partial charge in [0.15, 0.2) is 0 Å². The molecule has 0 amide bonds. The summed E-state index contributed by atoms with van der Waals surface area (Å²) >= 11 is 0. The van der Waals surface area contributed by atoms with E-state index in [0.29, 0.717) is 5.56 Å². The summed E-state index contributed by atoms with van der Waals surface area (Å²) in [6.07, 6.45) is 3.59. The van der Waals surface area contributed by atoms with Crippen molar-refractivity contribution in [3.63, 3.8) is 0 Å². The van der Waals surface area contributed by atoms with Crippen molar-refractivity contribution >= 4 is 21.5 Å². The number of aromatic nitrogens is 3. The SMILES string of the molecule is N#Cc1ccc(-c2cc(-c3cc(-c4cc(-c5ccccn5)nc(-c5ccccn5)c4)c4ccccc4c3)cc3ccccc23)cc1. The zero-order valence-electron chi connectivity index (χ0n) is 24.8. The van der Waals surface area contributed by atoms with Gasteiger partial charge in [0, 0.05) is 12.4 Å². The summed E-state index contributed by atoms with van der Waals surface area (Å²) in [7, 11) is 0. The van der Waals surface area contributed by atoms with Crippen molar-refractivity contribution in [1.29, 1.82) is 5.26 Å². The number of benzene rings is 5. The number of hydrogen-bond donors (Lipinski definition) is 0. The Kier molecular flexibility index (Phi) is 6.83. The van der Waals surface area contributed by atoms with E-state index >= 15 is 0 Å². The van der Waals surface area contributed by atoms with Gasteiger partial charge in [0.1, 0.15) is 0 Å². The second-order valence-electron chi connectivity index (χ2n) is 11.2. The van der Waals surface area contributed by atoms with Gasteiger partial charge in [-0.2, -0.15) is 5.26 Å². The molecule has 0 aliphatic heterocycles. The van der Waals surface area contributed by atoms with Crippen molar-refractivity contribution in [1.82, 2.24) is 15.0 Å². The molecule has 0 N–H and O–H groups in total. The van der Waals surface area contributed by atoms with Crippen LogP contribution in [0.5, 0.6) is 0 Å². The van der Waals surface area contributed by atoms with E-state index in [4.69, 9.17) is 4.98 Å². The molecule has 0 saturated heterocycles. The molecule has 0 radical (unpaired) electrons. The Morgan fingerprint density at radius 3 is 1.41 bits per heavy atom. The first kappa shape index (κ1) is 27.1. The third-order valence-electron chi connectivity index (χ3n) is 8.37. The van der Waals surface area contributed by atoms with Gasteiger partial charge >= 0.3 is 0 Å². The normalized spacial score (nSPS) is 11.0. The predicted molar refractivity (Wildman–Crippen MR) is 187 cm³/mol. The molecule has 214 valence electrons. The van der Waals surface area contributed by atoms with Crippen LogP contribution in [0, 0.1) is 11.3 Å². The number of nitriles is 1. The lowest BCUT2D eigenvalue weighted by Crippen LogP contribution is -1.94. The summed E-state index contributed by atoms with van der Waals surface area (Å²) in [6, 6.07) is 52.2. The van der Waals surface area contributed by atoms with Gasteiger partial charge in [-0.15, -0.1) is 0 Å². The minimum absolute atomic E-state index is 0.649. The maximum atomic E-state index is 9.37. The second-order valence-corrected chi connectivity index (χ2v) is 11.2. The average molecular weight is 587 g/mol. The van der Waals surface area contributed by atoms with Crippen LogP contribution >= 0.6 is 0 Å². The van der Waals surface area contributed by atoms with Crippen LogP contribution in [0.2, 0.25) is 0 Å². The number of hydrogen-bond acceptors (Lipinski definition) is 4. The van der Waals surface area contributed by atoms with Crippen molar-refractivity contribution in [3.05, 3.63) is 164 Å². The van der Waals surface area contributed by atoms with Gasteiger partial charge in [-0.3, -0.25) is 9.97 Å². The second kappa shape index (κ2) is 11.6. The molecule has 4 heteroatoms. The van der Waals surface area contributed by atoms with Crippen LogP contribution in [-0.2, 0) is 0 Å². The molecule has 3 heterocycles. The highest BCUT2D eigenvalue weighted by Crippen LogP contribution is 2.39. The van der Waals surface area contributed by atoms with Gasteiger partial charge in [0.2, 0.25) is 0 Å².